The predicted molar refractivity (Wildman–Crippen MR) is 89.0 cm³/mol. The van der Waals surface area contributed by atoms with E-state index in [1.54, 1.807) is 13.8 Å². The maximum absolute atomic E-state index is 13.3. The zero-order valence-electron chi connectivity index (χ0n) is 13.4. The molecule has 3 nitrogen and oxygen atoms in total. The first-order valence-corrected chi connectivity index (χ1v) is 7.74. The van der Waals surface area contributed by atoms with Gasteiger partial charge in [-0.15, -0.1) is 0 Å². The highest BCUT2D eigenvalue weighted by molar-refractivity contribution is 5.94. The van der Waals surface area contributed by atoms with Crippen LogP contribution in [0.4, 0.5) is 4.39 Å². The highest BCUT2D eigenvalue weighted by Crippen LogP contribution is 2.20. The smallest absolute Gasteiger partial charge is 0.251 e. The fraction of sp³-hybridized carbons (Fsp3) is 0.316. The third-order valence-corrected chi connectivity index (χ3v) is 3.83. The molecule has 0 radical (unpaired) electrons. The zero-order valence-corrected chi connectivity index (χ0v) is 13.4. The Labute approximate surface area is 136 Å². The predicted octanol–water partition coefficient (Wildman–Crippen LogP) is 3.42. The third-order valence-electron chi connectivity index (χ3n) is 3.83. The van der Waals surface area contributed by atoms with Gasteiger partial charge >= 0.3 is 0 Å². The molecule has 0 aliphatic heterocycles. The summed E-state index contributed by atoms with van der Waals surface area (Å²) in [7, 11) is 0. The number of hydrogen-bond donors (Lipinski definition) is 2. The second kappa shape index (κ2) is 7.88. The summed E-state index contributed by atoms with van der Waals surface area (Å²) in [5, 5.41) is 12.6. The molecule has 2 rings (SSSR count). The summed E-state index contributed by atoms with van der Waals surface area (Å²) in [4.78, 5) is 12.2. The van der Waals surface area contributed by atoms with E-state index in [4.69, 9.17) is 0 Å². The number of benzene rings is 2. The van der Waals surface area contributed by atoms with Crippen molar-refractivity contribution in [1.82, 2.24) is 5.32 Å². The van der Waals surface area contributed by atoms with Crippen LogP contribution in [0.25, 0.3) is 0 Å². The molecule has 2 unspecified atom stereocenters. The van der Waals surface area contributed by atoms with Crippen molar-refractivity contribution in [2.45, 2.75) is 32.3 Å². The van der Waals surface area contributed by atoms with Crippen molar-refractivity contribution in [3.05, 3.63) is 71.0 Å². The molecule has 0 spiro atoms. The molecule has 2 N–H and O–H groups in total. The van der Waals surface area contributed by atoms with Crippen LogP contribution in [0.5, 0.6) is 0 Å². The van der Waals surface area contributed by atoms with Crippen molar-refractivity contribution in [2.24, 2.45) is 0 Å². The Morgan fingerprint density at radius 2 is 1.91 bits per heavy atom. The third kappa shape index (κ3) is 4.89. The van der Waals surface area contributed by atoms with E-state index in [2.05, 4.69) is 5.32 Å². The number of halogens is 1. The van der Waals surface area contributed by atoms with Crippen molar-refractivity contribution >= 4 is 5.91 Å². The van der Waals surface area contributed by atoms with Gasteiger partial charge in [0.25, 0.3) is 5.91 Å². The molecular formula is C19H22FNO2. The minimum absolute atomic E-state index is 0.0293. The molecule has 4 heteroatoms. The van der Waals surface area contributed by atoms with Gasteiger partial charge < -0.3 is 10.4 Å². The number of nitrogens with one attached hydrogen (secondary N) is 1. The lowest BCUT2D eigenvalue weighted by Crippen LogP contribution is -2.29. The SMILES string of the molecule is Cc1cc(C(=O)NCC(CC(C)O)c2ccccc2)ccc1F. The molecule has 0 saturated carbocycles. The monoisotopic (exact) mass is 315 g/mol. The fourth-order valence-electron chi connectivity index (χ4n) is 2.58. The molecule has 23 heavy (non-hydrogen) atoms. The van der Waals surface area contributed by atoms with Crippen molar-refractivity contribution in [3.63, 3.8) is 0 Å². The van der Waals surface area contributed by atoms with E-state index < -0.39 is 6.10 Å². The molecule has 0 heterocycles. The number of carbonyl (C=O) groups is 1. The normalized spacial score (nSPS) is 13.4. The summed E-state index contributed by atoms with van der Waals surface area (Å²) in [6, 6.07) is 14.1. The first kappa shape index (κ1) is 17.2. The van der Waals surface area contributed by atoms with Crippen LogP contribution in [0.15, 0.2) is 48.5 Å². The van der Waals surface area contributed by atoms with Crippen molar-refractivity contribution in [2.75, 3.05) is 6.54 Å². The summed E-state index contributed by atoms with van der Waals surface area (Å²) in [5.74, 6) is -0.529. The minimum Gasteiger partial charge on any atom is -0.393 e. The Hall–Kier alpha value is -2.20. The summed E-state index contributed by atoms with van der Waals surface area (Å²) in [6.45, 7) is 3.79. The van der Waals surface area contributed by atoms with Crippen LogP contribution >= 0.6 is 0 Å². The lowest BCUT2D eigenvalue weighted by Gasteiger charge is -2.19. The zero-order chi connectivity index (χ0) is 16.8. The summed E-state index contributed by atoms with van der Waals surface area (Å²) < 4.78 is 13.3. The molecule has 0 saturated heterocycles. The van der Waals surface area contributed by atoms with Gasteiger partial charge in [0.15, 0.2) is 0 Å². The van der Waals surface area contributed by atoms with Crippen molar-refractivity contribution < 1.29 is 14.3 Å². The van der Waals surface area contributed by atoms with E-state index >= 15 is 0 Å². The average molecular weight is 315 g/mol. The molecule has 0 aromatic heterocycles. The number of amides is 1. The number of rotatable bonds is 6. The largest absolute Gasteiger partial charge is 0.393 e. The molecule has 122 valence electrons. The maximum Gasteiger partial charge on any atom is 0.251 e. The number of aliphatic hydroxyl groups is 1. The van der Waals surface area contributed by atoms with Gasteiger partial charge in [0.2, 0.25) is 0 Å². The van der Waals surface area contributed by atoms with E-state index in [9.17, 15) is 14.3 Å². The quantitative estimate of drug-likeness (QED) is 0.858. The van der Waals surface area contributed by atoms with E-state index in [1.165, 1.54) is 18.2 Å². The van der Waals surface area contributed by atoms with Crippen LogP contribution in [0, 0.1) is 12.7 Å². The number of aliphatic hydroxyl groups excluding tert-OH is 1. The fourth-order valence-corrected chi connectivity index (χ4v) is 2.58. The van der Waals surface area contributed by atoms with Crippen LogP contribution in [-0.2, 0) is 0 Å². The van der Waals surface area contributed by atoms with Gasteiger partial charge in [-0.3, -0.25) is 4.79 Å². The first-order valence-electron chi connectivity index (χ1n) is 7.74. The topological polar surface area (TPSA) is 49.3 Å². The molecule has 2 aromatic carbocycles. The van der Waals surface area contributed by atoms with Crippen LogP contribution < -0.4 is 5.32 Å². The standard InChI is InChI=1S/C19H22FNO2/c1-13-10-16(8-9-18(13)20)19(23)21-12-17(11-14(2)22)15-6-4-3-5-7-15/h3-10,14,17,22H,11-12H2,1-2H3,(H,21,23). The molecule has 0 aliphatic carbocycles. The Balaban J connectivity index is 2.05. The Morgan fingerprint density at radius 3 is 2.52 bits per heavy atom. The van der Waals surface area contributed by atoms with Crippen molar-refractivity contribution in [1.29, 1.82) is 0 Å². The molecular weight excluding hydrogens is 293 g/mol. The van der Waals surface area contributed by atoms with Crippen LogP contribution in [0.2, 0.25) is 0 Å². The van der Waals surface area contributed by atoms with Gasteiger partial charge in [0.1, 0.15) is 5.82 Å². The van der Waals surface area contributed by atoms with Gasteiger partial charge in [-0.05, 0) is 49.6 Å². The van der Waals surface area contributed by atoms with E-state index in [-0.39, 0.29) is 17.6 Å². The second-order valence-electron chi connectivity index (χ2n) is 5.87. The highest BCUT2D eigenvalue weighted by Gasteiger charge is 2.16. The summed E-state index contributed by atoms with van der Waals surface area (Å²) >= 11 is 0. The van der Waals surface area contributed by atoms with E-state index in [0.717, 1.165) is 5.56 Å². The lowest BCUT2D eigenvalue weighted by atomic mass is 9.93. The Kier molecular flexibility index (Phi) is 5.88. The molecule has 1 amide bonds. The molecule has 0 aliphatic rings. The second-order valence-corrected chi connectivity index (χ2v) is 5.87. The number of hydrogen-bond acceptors (Lipinski definition) is 2. The van der Waals surface area contributed by atoms with Crippen molar-refractivity contribution in [3.8, 4) is 0 Å². The van der Waals surface area contributed by atoms with Gasteiger partial charge in [-0.25, -0.2) is 4.39 Å². The summed E-state index contributed by atoms with van der Waals surface area (Å²) in [5.41, 5.74) is 1.96. The first-order chi connectivity index (χ1) is 11.0. The van der Waals surface area contributed by atoms with Gasteiger partial charge in [-0.2, -0.15) is 0 Å². The molecule has 2 aromatic rings. The van der Waals surface area contributed by atoms with Crippen LogP contribution in [-0.4, -0.2) is 23.7 Å². The number of aryl methyl sites for hydroxylation is 1. The number of carbonyl (C=O) groups excluding carboxylic acids is 1. The molecule has 0 bridgehead atoms. The van der Waals surface area contributed by atoms with Crippen LogP contribution in [0.3, 0.4) is 0 Å². The average Bonchev–Trinajstić information content (AvgIpc) is 2.54. The van der Waals surface area contributed by atoms with Gasteiger partial charge in [-0.1, -0.05) is 30.3 Å². The highest BCUT2D eigenvalue weighted by atomic mass is 19.1. The van der Waals surface area contributed by atoms with Gasteiger partial charge in [0.05, 0.1) is 6.10 Å². The molecule has 0 fully saturated rings. The van der Waals surface area contributed by atoms with E-state index in [0.29, 0.717) is 24.1 Å². The van der Waals surface area contributed by atoms with Gasteiger partial charge in [0, 0.05) is 18.0 Å². The minimum atomic E-state index is -0.454. The molecule has 2 atom stereocenters. The Bertz CT molecular complexity index is 656. The van der Waals surface area contributed by atoms with E-state index in [1.807, 2.05) is 30.3 Å². The lowest BCUT2D eigenvalue weighted by molar-refractivity contribution is 0.0945. The van der Waals surface area contributed by atoms with Crippen LogP contribution in [0.1, 0.15) is 40.7 Å². The summed E-state index contributed by atoms with van der Waals surface area (Å²) in [6.07, 6.45) is 0.109. The Morgan fingerprint density at radius 1 is 1.22 bits per heavy atom. The maximum atomic E-state index is 13.3.